The molecule has 2 aromatic heterocycles. The number of unbranched alkanes of at least 4 members (excludes halogenated alkanes) is 1. The Balaban J connectivity index is 1.54. The van der Waals surface area contributed by atoms with Crippen molar-refractivity contribution in [1.82, 2.24) is 30.4 Å². The van der Waals surface area contributed by atoms with Crippen LogP contribution in [0.15, 0.2) is 54.6 Å². The van der Waals surface area contributed by atoms with Crippen LogP contribution >= 0.6 is 0 Å². The molecule has 1 N–H and O–H groups in total. The van der Waals surface area contributed by atoms with Crippen LogP contribution in [-0.2, 0) is 17.7 Å². The van der Waals surface area contributed by atoms with E-state index in [0.29, 0.717) is 12.4 Å². The maximum Gasteiger partial charge on any atom is 0.515 e. The monoisotopic (exact) mass is 460 g/mol. The van der Waals surface area contributed by atoms with Crippen LogP contribution in [0.3, 0.4) is 0 Å². The van der Waals surface area contributed by atoms with Gasteiger partial charge < -0.3 is 9.47 Å². The summed E-state index contributed by atoms with van der Waals surface area (Å²) >= 11 is 0. The molecule has 0 amide bonds. The number of ether oxygens (including phenoxy) is 2. The Morgan fingerprint density at radius 1 is 1.09 bits per heavy atom. The molecule has 0 saturated carbocycles. The van der Waals surface area contributed by atoms with Crippen molar-refractivity contribution in [2.75, 3.05) is 0 Å². The van der Waals surface area contributed by atoms with E-state index >= 15 is 0 Å². The number of aromatic nitrogens is 6. The molecule has 0 spiro atoms. The zero-order valence-electron chi connectivity index (χ0n) is 19.6. The lowest BCUT2D eigenvalue weighted by molar-refractivity contribution is 0.0714. The van der Waals surface area contributed by atoms with Crippen molar-refractivity contribution < 1.29 is 14.3 Å². The van der Waals surface area contributed by atoms with Gasteiger partial charge in [0.2, 0.25) is 5.88 Å². The zero-order chi connectivity index (χ0) is 23.9. The van der Waals surface area contributed by atoms with Crippen molar-refractivity contribution in [1.29, 1.82) is 0 Å². The van der Waals surface area contributed by atoms with E-state index in [1.165, 1.54) is 0 Å². The first-order valence-electron chi connectivity index (χ1n) is 11.4. The van der Waals surface area contributed by atoms with Crippen molar-refractivity contribution in [2.24, 2.45) is 0 Å². The maximum absolute atomic E-state index is 11.9. The summed E-state index contributed by atoms with van der Waals surface area (Å²) in [6, 6.07) is 18.1. The second-order valence-corrected chi connectivity index (χ2v) is 8.25. The second-order valence-electron chi connectivity index (χ2n) is 8.25. The lowest BCUT2D eigenvalue weighted by Crippen LogP contribution is -2.16. The Bertz CT molecular complexity index is 1220. The number of carbonyl (C=O) groups is 1. The van der Waals surface area contributed by atoms with Crippen molar-refractivity contribution in [3.8, 4) is 28.4 Å². The Hall–Kier alpha value is -4.01. The van der Waals surface area contributed by atoms with Crippen LogP contribution in [0.2, 0.25) is 0 Å². The minimum Gasteiger partial charge on any atom is -0.431 e. The van der Waals surface area contributed by atoms with Crippen LogP contribution < -0.4 is 4.74 Å². The molecule has 0 fully saturated rings. The molecule has 0 unspecified atom stereocenters. The quantitative estimate of drug-likeness (QED) is 0.348. The summed E-state index contributed by atoms with van der Waals surface area (Å²) in [7, 11) is 0. The molecule has 0 aliphatic carbocycles. The highest BCUT2D eigenvalue weighted by atomic mass is 16.7. The molecule has 176 valence electrons. The van der Waals surface area contributed by atoms with Crippen LogP contribution in [0.5, 0.6) is 5.88 Å². The van der Waals surface area contributed by atoms with E-state index in [1.807, 2.05) is 35.0 Å². The Morgan fingerprint density at radius 3 is 2.53 bits per heavy atom. The summed E-state index contributed by atoms with van der Waals surface area (Å²) in [6.07, 6.45) is 1.94. The van der Waals surface area contributed by atoms with Crippen LogP contribution in [0.4, 0.5) is 4.79 Å². The third-order valence-corrected chi connectivity index (χ3v) is 5.27. The predicted molar refractivity (Wildman–Crippen MR) is 127 cm³/mol. The zero-order valence-corrected chi connectivity index (χ0v) is 19.6. The normalized spacial score (nSPS) is 11.1. The van der Waals surface area contributed by atoms with Gasteiger partial charge in [-0.05, 0) is 53.8 Å². The Labute approximate surface area is 198 Å². The molecule has 9 nitrogen and oxygen atoms in total. The van der Waals surface area contributed by atoms with E-state index in [1.54, 1.807) is 13.8 Å². The summed E-state index contributed by atoms with van der Waals surface area (Å²) in [6.45, 7) is 6.26. The highest BCUT2D eigenvalue weighted by Crippen LogP contribution is 2.30. The molecule has 4 rings (SSSR count). The van der Waals surface area contributed by atoms with Crippen LogP contribution in [-0.4, -0.2) is 42.7 Å². The molecule has 0 atom stereocenters. The molecule has 0 aliphatic rings. The summed E-state index contributed by atoms with van der Waals surface area (Å²) in [5.41, 5.74) is 5.13. The van der Waals surface area contributed by atoms with E-state index in [4.69, 9.17) is 9.47 Å². The van der Waals surface area contributed by atoms with Crippen molar-refractivity contribution in [2.45, 2.75) is 52.7 Å². The number of nitrogens with zero attached hydrogens (tertiary/aromatic N) is 5. The fourth-order valence-electron chi connectivity index (χ4n) is 3.65. The molecule has 2 heterocycles. The van der Waals surface area contributed by atoms with Crippen LogP contribution in [0.1, 0.15) is 44.9 Å². The summed E-state index contributed by atoms with van der Waals surface area (Å²) in [5.74, 6) is 0.878. The van der Waals surface area contributed by atoms with Crippen molar-refractivity contribution in [3.63, 3.8) is 0 Å². The number of benzene rings is 2. The molecule has 2 aromatic carbocycles. The molecular weight excluding hydrogens is 432 g/mol. The SMILES string of the molecule is CCCCc1cc(OC(=O)OC(C)C)nn1Cc1ccc(-c2ccccc2-c2nnn[nH]2)cc1. The van der Waals surface area contributed by atoms with Gasteiger partial charge in [0.25, 0.3) is 0 Å². The lowest BCUT2D eigenvalue weighted by atomic mass is 9.98. The summed E-state index contributed by atoms with van der Waals surface area (Å²) in [4.78, 5) is 11.9. The number of carbonyl (C=O) groups excluding carboxylic acids is 1. The van der Waals surface area contributed by atoms with Gasteiger partial charge >= 0.3 is 6.16 Å². The van der Waals surface area contributed by atoms with Crippen LogP contribution in [0, 0.1) is 0 Å². The molecule has 0 bridgehead atoms. The molecule has 9 heteroatoms. The fourth-order valence-corrected chi connectivity index (χ4v) is 3.65. The number of aryl methyl sites for hydroxylation is 1. The minimum atomic E-state index is -0.744. The molecule has 0 radical (unpaired) electrons. The van der Waals surface area contributed by atoms with Crippen LogP contribution in [0.25, 0.3) is 22.5 Å². The molecule has 34 heavy (non-hydrogen) atoms. The summed E-state index contributed by atoms with van der Waals surface area (Å²) in [5, 5.41) is 18.8. The molecule has 0 saturated heterocycles. The van der Waals surface area contributed by atoms with E-state index in [-0.39, 0.29) is 12.0 Å². The molecule has 0 aliphatic heterocycles. The van der Waals surface area contributed by atoms with Gasteiger partial charge in [-0.25, -0.2) is 9.89 Å². The number of aromatic amines is 1. The number of hydrogen-bond acceptors (Lipinski definition) is 7. The van der Waals surface area contributed by atoms with E-state index in [9.17, 15) is 4.79 Å². The minimum absolute atomic E-state index is 0.252. The molecule has 4 aromatic rings. The largest absolute Gasteiger partial charge is 0.515 e. The van der Waals surface area contributed by atoms with E-state index in [2.05, 4.69) is 56.9 Å². The Morgan fingerprint density at radius 2 is 1.85 bits per heavy atom. The van der Waals surface area contributed by atoms with Gasteiger partial charge in [0.15, 0.2) is 5.82 Å². The first-order chi connectivity index (χ1) is 16.5. The fraction of sp³-hybridized carbons (Fsp3) is 0.320. The number of rotatable bonds is 9. The van der Waals surface area contributed by atoms with Crippen molar-refractivity contribution in [3.05, 3.63) is 65.9 Å². The van der Waals surface area contributed by atoms with Crippen molar-refractivity contribution >= 4 is 6.16 Å². The van der Waals surface area contributed by atoms with Gasteiger partial charge in [-0.1, -0.05) is 61.9 Å². The van der Waals surface area contributed by atoms with Gasteiger partial charge in [-0.15, -0.1) is 10.2 Å². The first-order valence-corrected chi connectivity index (χ1v) is 11.4. The maximum atomic E-state index is 11.9. The number of nitrogens with one attached hydrogen (secondary N) is 1. The third-order valence-electron chi connectivity index (χ3n) is 5.27. The van der Waals surface area contributed by atoms with Gasteiger partial charge in [-0.3, -0.25) is 4.68 Å². The Kier molecular flexibility index (Phi) is 7.31. The number of tetrazole rings is 1. The first kappa shape index (κ1) is 23.2. The number of H-pyrrole nitrogens is 1. The topological polar surface area (TPSA) is 108 Å². The highest BCUT2D eigenvalue weighted by Gasteiger charge is 2.15. The standard InChI is InChI=1S/C25H28N6O3/c1-4-5-8-20-15-23(34-25(32)33-17(2)3)28-31(20)16-18-11-13-19(14-12-18)21-9-6-7-10-22(21)24-26-29-30-27-24/h6-7,9-15,17H,4-5,8,16H2,1-3H3,(H,26,27,29,30). The number of hydrogen-bond donors (Lipinski definition) is 1. The second kappa shape index (κ2) is 10.7. The predicted octanol–water partition coefficient (Wildman–Crippen LogP) is 5.04. The highest BCUT2D eigenvalue weighted by molar-refractivity contribution is 5.80. The lowest BCUT2D eigenvalue weighted by Gasteiger charge is -2.10. The van der Waals surface area contributed by atoms with Gasteiger partial charge in [0, 0.05) is 17.3 Å². The third kappa shape index (κ3) is 5.67. The smallest absolute Gasteiger partial charge is 0.431 e. The van der Waals surface area contributed by atoms with Gasteiger partial charge in [0.05, 0.1) is 12.6 Å². The van der Waals surface area contributed by atoms with Gasteiger partial charge in [-0.2, -0.15) is 0 Å². The van der Waals surface area contributed by atoms with E-state index < -0.39 is 6.16 Å². The van der Waals surface area contributed by atoms with E-state index in [0.717, 1.165) is 47.2 Å². The van der Waals surface area contributed by atoms with Gasteiger partial charge in [0.1, 0.15) is 0 Å². The average Bonchev–Trinajstić information content (AvgIpc) is 3.48. The molecular formula is C25H28N6O3. The average molecular weight is 461 g/mol. The summed E-state index contributed by atoms with van der Waals surface area (Å²) < 4.78 is 12.2.